The van der Waals surface area contributed by atoms with Crippen LogP contribution in [0.1, 0.15) is 16.7 Å². The maximum atomic E-state index is 13.4. The lowest BCUT2D eigenvalue weighted by Crippen LogP contribution is -2.16. The summed E-state index contributed by atoms with van der Waals surface area (Å²) >= 11 is 0. The van der Waals surface area contributed by atoms with E-state index >= 15 is 0 Å². The Kier molecular flexibility index (Phi) is 3.82. The van der Waals surface area contributed by atoms with Gasteiger partial charge in [0, 0.05) is 19.3 Å². The Morgan fingerprint density at radius 1 is 1.21 bits per heavy atom. The maximum absolute atomic E-state index is 13.4. The molecule has 0 aromatic heterocycles. The highest BCUT2D eigenvalue weighted by molar-refractivity contribution is 5.51. The van der Waals surface area contributed by atoms with Crippen molar-refractivity contribution in [3.8, 4) is 6.07 Å². The SMILES string of the molecule is Cc1cccc(CN(C)c2cc(F)cc(C#N)c2)c1. The molecule has 0 bridgehead atoms. The number of nitrogens with zero attached hydrogens (tertiary/aromatic N) is 2. The van der Waals surface area contributed by atoms with Gasteiger partial charge in [-0.25, -0.2) is 4.39 Å². The number of hydrogen-bond donors (Lipinski definition) is 0. The fourth-order valence-corrected chi connectivity index (χ4v) is 2.03. The first-order valence-electron chi connectivity index (χ1n) is 6.06. The molecule has 0 fully saturated rings. The number of benzene rings is 2. The van der Waals surface area contributed by atoms with Crippen LogP contribution in [0, 0.1) is 24.1 Å². The molecular weight excluding hydrogens is 239 g/mol. The van der Waals surface area contributed by atoms with Gasteiger partial charge in [0.15, 0.2) is 0 Å². The molecule has 0 saturated carbocycles. The van der Waals surface area contributed by atoms with Gasteiger partial charge >= 0.3 is 0 Å². The first kappa shape index (κ1) is 13.1. The third-order valence-corrected chi connectivity index (χ3v) is 2.95. The number of hydrogen-bond acceptors (Lipinski definition) is 2. The van der Waals surface area contributed by atoms with E-state index in [0.29, 0.717) is 17.8 Å². The third-order valence-electron chi connectivity index (χ3n) is 2.95. The summed E-state index contributed by atoms with van der Waals surface area (Å²) < 4.78 is 13.4. The zero-order valence-electron chi connectivity index (χ0n) is 11.0. The lowest BCUT2D eigenvalue weighted by Gasteiger charge is -2.20. The van der Waals surface area contributed by atoms with E-state index in [1.54, 1.807) is 6.07 Å². The van der Waals surface area contributed by atoms with Crippen molar-refractivity contribution >= 4 is 5.69 Å². The number of anilines is 1. The standard InChI is InChI=1S/C16H15FN2/c1-12-4-3-5-13(6-12)11-19(2)16-8-14(10-18)7-15(17)9-16/h3-9H,11H2,1-2H3. The van der Waals surface area contributed by atoms with E-state index in [1.807, 2.05) is 43.1 Å². The van der Waals surface area contributed by atoms with E-state index in [-0.39, 0.29) is 5.82 Å². The van der Waals surface area contributed by atoms with Crippen molar-refractivity contribution in [1.82, 2.24) is 0 Å². The average Bonchev–Trinajstić information content (AvgIpc) is 2.38. The molecule has 0 atom stereocenters. The summed E-state index contributed by atoms with van der Waals surface area (Å²) in [5.74, 6) is -0.384. The lowest BCUT2D eigenvalue weighted by molar-refractivity contribution is 0.626. The van der Waals surface area contributed by atoms with Crippen LogP contribution in [0.25, 0.3) is 0 Å². The minimum Gasteiger partial charge on any atom is -0.370 e. The first-order valence-corrected chi connectivity index (χ1v) is 6.06. The lowest BCUT2D eigenvalue weighted by atomic mass is 10.1. The molecule has 0 saturated heterocycles. The molecule has 2 rings (SSSR count). The Labute approximate surface area is 112 Å². The summed E-state index contributed by atoms with van der Waals surface area (Å²) in [5, 5.41) is 8.86. The minimum absolute atomic E-state index is 0.339. The summed E-state index contributed by atoms with van der Waals surface area (Å²) in [5.41, 5.74) is 3.40. The highest BCUT2D eigenvalue weighted by Crippen LogP contribution is 2.19. The predicted molar refractivity (Wildman–Crippen MR) is 74.4 cm³/mol. The van der Waals surface area contributed by atoms with Gasteiger partial charge in [-0.1, -0.05) is 29.8 Å². The van der Waals surface area contributed by atoms with Gasteiger partial charge in [-0.2, -0.15) is 5.26 Å². The molecule has 0 aliphatic heterocycles. The smallest absolute Gasteiger partial charge is 0.126 e. The summed E-state index contributed by atoms with van der Waals surface area (Å²) in [6.07, 6.45) is 0. The summed E-state index contributed by atoms with van der Waals surface area (Å²) in [6.45, 7) is 2.72. The molecule has 0 aliphatic carbocycles. The molecule has 3 heteroatoms. The highest BCUT2D eigenvalue weighted by Gasteiger charge is 2.06. The fraction of sp³-hybridized carbons (Fsp3) is 0.188. The summed E-state index contributed by atoms with van der Waals surface area (Å²) in [4.78, 5) is 1.93. The van der Waals surface area contributed by atoms with Gasteiger partial charge in [0.25, 0.3) is 0 Å². The molecule has 0 N–H and O–H groups in total. The molecule has 96 valence electrons. The molecule has 0 heterocycles. The second kappa shape index (κ2) is 5.53. The largest absolute Gasteiger partial charge is 0.370 e. The molecule has 2 nitrogen and oxygen atoms in total. The minimum atomic E-state index is -0.384. The van der Waals surface area contributed by atoms with Crippen LogP contribution in [0.2, 0.25) is 0 Å². The van der Waals surface area contributed by atoms with Crippen LogP contribution in [0.4, 0.5) is 10.1 Å². The Morgan fingerprint density at radius 2 is 2.00 bits per heavy atom. The van der Waals surface area contributed by atoms with Crippen LogP contribution in [0.5, 0.6) is 0 Å². The number of nitriles is 1. The molecule has 19 heavy (non-hydrogen) atoms. The Balaban J connectivity index is 2.23. The van der Waals surface area contributed by atoms with Crippen molar-refractivity contribution in [2.75, 3.05) is 11.9 Å². The molecule has 0 spiro atoms. The van der Waals surface area contributed by atoms with Crippen molar-refractivity contribution in [2.45, 2.75) is 13.5 Å². The van der Waals surface area contributed by atoms with Gasteiger partial charge in [0.2, 0.25) is 0 Å². The number of halogens is 1. The van der Waals surface area contributed by atoms with E-state index in [0.717, 1.165) is 5.56 Å². The Morgan fingerprint density at radius 3 is 2.68 bits per heavy atom. The van der Waals surface area contributed by atoms with E-state index in [4.69, 9.17) is 5.26 Å². The van der Waals surface area contributed by atoms with Crippen molar-refractivity contribution in [3.05, 3.63) is 65.0 Å². The second-order valence-corrected chi connectivity index (χ2v) is 4.66. The zero-order valence-corrected chi connectivity index (χ0v) is 11.0. The molecule has 0 aliphatic rings. The number of aryl methyl sites for hydroxylation is 1. The summed E-state index contributed by atoms with van der Waals surface area (Å²) in [6, 6.07) is 14.5. The average molecular weight is 254 g/mol. The van der Waals surface area contributed by atoms with Gasteiger partial charge < -0.3 is 4.90 Å². The van der Waals surface area contributed by atoms with Crippen molar-refractivity contribution < 1.29 is 4.39 Å². The van der Waals surface area contributed by atoms with Crippen molar-refractivity contribution in [1.29, 1.82) is 5.26 Å². The van der Waals surface area contributed by atoms with Gasteiger partial charge in [-0.3, -0.25) is 0 Å². The van der Waals surface area contributed by atoms with Crippen molar-refractivity contribution in [3.63, 3.8) is 0 Å². The monoisotopic (exact) mass is 254 g/mol. The van der Waals surface area contributed by atoms with Crippen LogP contribution in [-0.2, 0) is 6.54 Å². The zero-order chi connectivity index (χ0) is 13.8. The molecule has 0 amide bonds. The Hall–Kier alpha value is -2.34. The summed E-state index contributed by atoms with van der Waals surface area (Å²) in [7, 11) is 1.89. The van der Waals surface area contributed by atoms with Crippen LogP contribution in [0.3, 0.4) is 0 Å². The van der Waals surface area contributed by atoms with Crippen LogP contribution < -0.4 is 4.90 Å². The molecule has 0 radical (unpaired) electrons. The topological polar surface area (TPSA) is 27.0 Å². The Bertz CT molecular complexity index is 629. The maximum Gasteiger partial charge on any atom is 0.126 e. The quantitative estimate of drug-likeness (QED) is 0.836. The number of rotatable bonds is 3. The van der Waals surface area contributed by atoms with E-state index < -0.39 is 0 Å². The van der Waals surface area contributed by atoms with E-state index in [9.17, 15) is 4.39 Å². The highest BCUT2D eigenvalue weighted by atomic mass is 19.1. The normalized spacial score (nSPS) is 10.0. The second-order valence-electron chi connectivity index (χ2n) is 4.66. The molecule has 2 aromatic rings. The van der Waals surface area contributed by atoms with Gasteiger partial charge in [-0.15, -0.1) is 0 Å². The van der Waals surface area contributed by atoms with Gasteiger partial charge in [-0.05, 0) is 30.7 Å². The van der Waals surface area contributed by atoms with Crippen molar-refractivity contribution in [2.24, 2.45) is 0 Å². The molecule has 0 unspecified atom stereocenters. The predicted octanol–water partition coefficient (Wildman–Crippen LogP) is 3.64. The van der Waals surface area contributed by atoms with Gasteiger partial charge in [0.1, 0.15) is 5.82 Å². The fourth-order valence-electron chi connectivity index (χ4n) is 2.03. The van der Waals surface area contributed by atoms with E-state index in [2.05, 4.69) is 6.07 Å². The van der Waals surface area contributed by atoms with Crippen LogP contribution in [-0.4, -0.2) is 7.05 Å². The molecular formula is C16H15FN2. The van der Waals surface area contributed by atoms with Gasteiger partial charge in [0.05, 0.1) is 11.6 Å². The van der Waals surface area contributed by atoms with Crippen LogP contribution >= 0.6 is 0 Å². The molecule has 2 aromatic carbocycles. The first-order chi connectivity index (χ1) is 9.08. The van der Waals surface area contributed by atoms with E-state index in [1.165, 1.54) is 17.7 Å². The van der Waals surface area contributed by atoms with Crippen LogP contribution in [0.15, 0.2) is 42.5 Å². The third kappa shape index (κ3) is 3.32.